The maximum atomic E-state index is 12.3. The monoisotopic (exact) mass is 381 g/mol. The molecule has 1 atom stereocenters. The number of halogens is 1. The Balaban J connectivity index is 2.90. The van der Waals surface area contributed by atoms with Crippen LogP contribution in [0.25, 0.3) is 0 Å². The molecule has 1 rings (SSSR count). The zero-order valence-corrected chi connectivity index (χ0v) is 14.6. The number of nitrogens with one attached hydrogen (secondary N) is 1. The summed E-state index contributed by atoms with van der Waals surface area (Å²) in [5.41, 5.74) is -1.19. The summed E-state index contributed by atoms with van der Waals surface area (Å²) >= 11 is 3.23. The summed E-state index contributed by atoms with van der Waals surface area (Å²) in [5.74, 6) is 0.238. The molecule has 0 amide bonds. The van der Waals surface area contributed by atoms with Crippen LogP contribution >= 0.6 is 15.9 Å². The van der Waals surface area contributed by atoms with E-state index in [4.69, 9.17) is 9.47 Å². The minimum atomic E-state index is -3.79. The third-order valence-corrected chi connectivity index (χ3v) is 4.82. The first kappa shape index (κ1) is 18.4. The SMILES string of the molecule is COCCC(C)(O)CNS(=O)(=O)c1cc(Br)ccc1OC. The number of ether oxygens (including phenoxy) is 2. The predicted octanol–water partition coefficient (Wildman–Crippen LogP) is 1.52. The first-order chi connectivity index (χ1) is 9.72. The van der Waals surface area contributed by atoms with E-state index in [9.17, 15) is 13.5 Å². The molecule has 0 radical (unpaired) electrons. The highest BCUT2D eigenvalue weighted by Gasteiger charge is 2.26. The van der Waals surface area contributed by atoms with Gasteiger partial charge in [-0.05, 0) is 25.1 Å². The van der Waals surface area contributed by atoms with Crippen LogP contribution in [-0.2, 0) is 14.8 Å². The molecule has 2 N–H and O–H groups in total. The number of sulfonamides is 1. The Labute approximate surface area is 133 Å². The van der Waals surface area contributed by atoms with Crippen LogP contribution < -0.4 is 9.46 Å². The van der Waals surface area contributed by atoms with Crippen LogP contribution in [0.15, 0.2) is 27.6 Å². The zero-order chi connectivity index (χ0) is 16.1. The van der Waals surface area contributed by atoms with Gasteiger partial charge in [0, 0.05) is 31.2 Å². The summed E-state index contributed by atoms with van der Waals surface area (Å²) in [6.45, 7) is 1.77. The molecule has 0 fully saturated rings. The molecule has 0 saturated carbocycles. The fourth-order valence-electron chi connectivity index (χ4n) is 1.60. The largest absolute Gasteiger partial charge is 0.495 e. The first-order valence-electron chi connectivity index (χ1n) is 6.26. The third-order valence-electron chi connectivity index (χ3n) is 2.90. The van der Waals surface area contributed by atoms with E-state index in [1.165, 1.54) is 20.3 Å². The van der Waals surface area contributed by atoms with Crippen molar-refractivity contribution < 1.29 is 23.0 Å². The summed E-state index contributed by atoms with van der Waals surface area (Å²) in [6, 6.07) is 4.69. The molecule has 0 heterocycles. The van der Waals surface area contributed by atoms with E-state index >= 15 is 0 Å². The quantitative estimate of drug-likeness (QED) is 0.712. The van der Waals surface area contributed by atoms with E-state index in [0.29, 0.717) is 17.5 Å². The van der Waals surface area contributed by atoms with Gasteiger partial charge in [0.1, 0.15) is 10.6 Å². The lowest BCUT2D eigenvalue weighted by atomic mass is 10.0. The van der Waals surface area contributed by atoms with Crippen LogP contribution in [0.3, 0.4) is 0 Å². The van der Waals surface area contributed by atoms with Crippen molar-refractivity contribution in [3.63, 3.8) is 0 Å². The van der Waals surface area contributed by atoms with E-state index in [2.05, 4.69) is 20.7 Å². The van der Waals surface area contributed by atoms with Gasteiger partial charge in [-0.15, -0.1) is 0 Å². The molecule has 1 unspecified atom stereocenters. The van der Waals surface area contributed by atoms with Crippen LogP contribution in [-0.4, -0.2) is 46.5 Å². The van der Waals surface area contributed by atoms with E-state index in [0.717, 1.165) is 0 Å². The molecule has 1 aromatic rings. The maximum absolute atomic E-state index is 12.3. The van der Waals surface area contributed by atoms with Gasteiger partial charge in [-0.2, -0.15) is 0 Å². The van der Waals surface area contributed by atoms with Gasteiger partial charge in [0.15, 0.2) is 0 Å². The lowest BCUT2D eigenvalue weighted by Gasteiger charge is -2.23. The smallest absolute Gasteiger partial charge is 0.244 e. The highest BCUT2D eigenvalue weighted by Crippen LogP contribution is 2.27. The molecule has 1 aromatic carbocycles. The Bertz CT molecular complexity index is 574. The van der Waals surface area contributed by atoms with Gasteiger partial charge < -0.3 is 14.6 Å². The number of benzene rings is 1. The van der Waals surface area contributed by atoms with Crippen molar-refractivity contribution in [2.24, 2.45) is 0 Å². The third kappa shape index (κ3) is 5.55. The Morgan fingerprint density at radius 2 is 2.05 bits per heavy atom. The molecular formula is C13H20BrNO5S. The van der Waals surface area contributed by atoms with Gasteiger partial charge in [0.2, 0.25) is 10.0 Å². The molecule has 0 aromatic heterocycles. The molecule has 120 valence electrons. The second-order valence-corrected chi connectivity index (χ2v) is 7.51. The number of methoxy groups -OCH3 is 2. The summed E-state index contributed by atoms with van der Waals surface area (Å²) in [4.78, 5) is 0.0157. The highest BCUT2D eigenvalue weighted by molar-refractivity contribution is 9.10. The summed E-state index contributed by atoms with van der Waals surface area (Å²) < 4.78 is 37.6. The van der Waals surface area contributed by atoms with Crippen molar-refractivity contribution in [3.8, 4) is 5.75 Å². The van der Waals surface area contributed by atoms with Gasteiger partial charge >= 0.3 is 0 Å². The lowest BCUT2D eigenvalue weighted by Crippen LogP contribution is -2.41. The molecule has 6 nitrogen and oxygen atoms in total. The van der Waals surface area contributed by atoms with Crippen molar-refractivity contribution >= 4 is 26.0 Å². The van der Waals surface area contributed by atoms with Crippen molar-refractivity contribution in [3.05, 3.63) is 22.7 Å². The predicted molar refractivity (Wildman–Crippen MR) is 83.0 cm³/mol. The highest BCUT2D eigenvalue weighted by atomic mass is 79.9. The van der Waals surface area contributed by atoms with Crippen LogP contribution in [0, 0.1) is 0 Å². The minimum Gasteiger partial charge on any atom is -0.495 e. The molecule has 0 bridgehead atoms. The lowest BCUT2D eigenvalue weighted by molar-refractivity contribution is 0.0292. The second kappa shape index (κ2) is 7.55. The molecule has 0 aliphatic heterocycles. The van der Waals surface area contributed by atoms with Gasteiger partial charge in [-0.1, -0.05) is 15.9 Å². The van der Waals surface area contributed by atoms with Crippen LogP contribution in [0.5, 0.6) is 5.75 Å². The van der Waals surface area contributed by atoms with Crippen LogP contribution in [0.2, 0.25) is 0 Å². The first-order valence-corrected chi connectivity index (χ1v) is 8.54. The van der Waals surface area contributed by atoms with E-state index in [1.807, 2.05) is 0 Å². The number of hydrogen-bond acceptors (Lipinski definition) is 5. The summed E-state index contributed by atoms with van der Waals surface area (Å²) in [5, 5.41) is 10.1. The topological polar surface area (TPSA) is 84.9 Å². The number of hydrogen-bond donors (Lipinski definition) is 2. The van der Waals surface area contributed by atoms with E-state index in [1.54, 1.807) is 19.1 Å². The molecule has 0 spiro atoms. The standard InChI is InChI=1S/C13H20BrNO5S/c1-13(16,6-7-19-2)9-15-21(17,18)12-8-10(14)4-5-11(12)20-3/h4-5,8,15-16H,6-7,9H2,1-3H3. The van der Waals surface area contributed by atoms with Crippen molar-refractivity contribution in [2.75, 3.05) is 27.4 Å². The van der Waals surface area contributed by atoms with Crippen molar-refractivity contribution in [1.29, 1.82) is 0 Å². The van der Waals surface area contributed by atoms with Crippen LogP contribution in [0.4, 0.5) is 0 Å². The molecule has 0 saturated heterocycles. The average Bonchev–Trinajstić information content (AvgIpc) is 2.43. The van der Waals surface area contributed by atoms with Gasteiger partial charge in [-0.25, -0.2) is 13.1 Å². The summed E-state index contributed by atoms with van der Waals surface area (Å²) in [6.07, 6.45) is 0.321. The molecule has 0 aliphatic rings. The Morgan fingerprint density at radius 3 is 2.62 bits per heavy atom. The molecule has 21 heavy (non-hydrogen) atoms. The second-order valence-electron chi connectivity index (χ2n) is 4.86. The fourth-order valence-corrected chi connectivity index (χ4v) is 3.47. The molecular weight excluding hydrogens is 362 g/mol. The zero-order valence-electron chi connectivity index (χ0n) is 12.2. The Morgan fingerprint density at radius 1 is 1.38 bits per heavy atom. The fraction of sp³-hybridized carbons (Fsp3) is 0.538. The Hall–Kier alpha value is -0.670. The van der Waals surface area contributed by atoms with Crippen molar-refractivity contribution in [1.82, 2.24) is 4.72 Å². The average molecular weight is 382 g/mol. The van der Waals surface area contributed by atoms with E-state index in [-0.39, 0.29) is 17.2 Å². The molecule has 8 heteroatoms. The van der Waals surface area contributed by atoms with Gasteiger partial charge in [0.25, 0.3) is 0 Å². The van der Waals surface area contributed by atoms with Gasteiger partial charge in [-0.3, -0.25) is 0 Å². The number of rotatable bonds is 8. The van der Waals surface area contributed by atoms with Crippen molar-refractivity contribution in [2.45, 2.75) is 23.8 Å². The molecule has 0 aliphatic carbocycles. The Kier molecular flexibility index (Phi) is 6.61. The minimum absolute atomic E-state index is 0.0157. The number of aliphatic hydroxyl groups is 1. The normalized spacial score (nSPS) is 14.7. The van der Waals surface area contributed by atoms with Gasteiger partial charge in [0.05, 0.1) is 12.7 Å². The summed E-state index contributed by atoms with van der Waals surface area (Å²) in [7, 11) is -0.869. The van der Waals surface area contributed by atoms with E-state index < -0.39 is 15.6 Å². The van der Waals surface area contributed by atoms with Crippen LogP contribution in [0.1, 0.15) is 13.3 Å². The maximum Gasteiger partial charge on any atom is 0.244 e.